The van der Waals surface area contributed by atoms with E-state index >= 15 is 0 Å². The molecule has 0 aliphatic rings. The first-order valence-electron chi connectivity index (χ1n) is 7.40. The van der Waals surface area contributed by atoms with Gasteiger partial charge in [0, 0.05) is 24.4 Å². The minimum Gasteiger partial charge on any atom is -0.312 e. The van der Waals surface area contributed by atoms with Crippen LogP contribution in [-0.4, -0.2) is 12.0 Å². The van der Waals surface area contributed by atoms with Crippen molar-refractivity contribution in [1.29, 1.82) is 0 Å². The summed E-state index contributed by atoms with van der Waals surface area (Å²) >= 11 is 0. The number of nitrogens with one attached hydrogen (secondary N) is 1. The summed E-state index contributed by atoms with van der Waals surface area (Å²) in [7, 11) is 2.04. The molecule has 0 fully saturated rings. The Kier molecular flexibility index (Phi) is 5.31. The van der Waals surface area contributed by atoms with Crippen molar-refractivity contribution in [2.24, 2.45) is 5.92 Å². The van der Waals surface area contributed by atoms with Crippen LogP contribution in [0.2, 0.25) is 0 Å². The smallest absolute Gasteiger partial charge is 0.0405 e. The molecule has 1 N–H and O–H groups in total. The van der Waals surface area contributed by atoms with E-state index in [9.17, 15) is 0 Å². The number of hydrogen-bond donors (Lipinski definition) is 1. The molecular formula is C18H24N2. The maximum absolute atomic E-state index is 4.27. The molecule has 1 aromatic carbocycles. The molecule has 0 aliphatic carbocycles. The highest BCUT2D eigenvalue weighted by Gasteiger charge is 2.27. The molecule has 20 heavy (non-hydrogen) atoms. The molecule has 2 heteroatoms. The lowest BCUT2D eigenvalue weighted by Crippen LogP contribution is -2.28. The number of benzene rings is 1. The maximum Gasteiger partial charge on any atom is 0.0405 e. The molecule has 3 atom stereocenters. The summed E-state index contributed by atoms with van der Waals surface area (Å²) in [4.78, 5) is 4.27. The minimum absolute atomic E-state index is 0.293. The molecule has 3 unspecified atom stereocenters. The Morgan fingerprint density at radius 1 is 1.05 bits per heavy atom. The van der Waals surface area contributed by atoms with Crippen molar-refractivity contribution in [1.82, 2.24) is 10.3 Å². The maximum atomic E-state index is 4.27. The highest BCUT2D eigenvalue weighted by Crippen LogP contribution is 2.37. The van der Waals surface area contributed by atoms with Crippen molar-refractivity contribution in [3.05, 3.63) is 66.0 Å². The normalized spacial score (nSPS) is 15.6. The Labute approximate surface area is 122 Å². The van der Waals surface area contributed by atoms with Crippen LogP contribution in [-0.2, 0) is 0 Å². The third kappa shape index (κ3) is 3.26. The van der Waals surface area contributed by atoms with E-state index in [1.165, 1.54) is 11.1 Å². The molecule has 0 spiro atoms. The van der Waals surface area contributed by atoms with Crippen molar-refractivity contribution in [3.63, 3.8) is 0 Å². The van der Waals surface area contributed by atoms with Gasteiger partial charge in [-0.3, -0.25) is 4.98 Å². The zero-order valence-corrected chi connectivity index (χ0v) is 12.6. The molecule has 0 saturated heterocycles. The van der Waals surface area contributed by atoms with E-state index in [1.54, 1.807) is 0 Å². The van der Waals surface area contributed by atoms with Crippen molar-refractivity contribution in [3.8, 4) is 0 Å². The van der Waals surface area contributed by atoms with Crippen LogP contribution in [0.4, 0.5) is 0 Å². The first kappa shape index (κ1) is 14.7. The molecule has 2 nitrogen and oxygen atoms in total. The Balaban J connectivity index is 2.39. The van der Waals surface area contributed by atoms with Crippen LogP contribution in [0.1, 0.15) is 43.4 Å². The first-order chi connectivity index (χ1) is 9.77. The molecule has 0 saturated carbocycles. The largest absolute Gasteiger partial charge is 0.312 e. The second kappa shape index (κ2) is 7.20. The highest BCUT2D eigenvalue weighted by atomic mass is 14.9. The standard InChI is InChI=1S/C18H24N2/c1-4-14(2)17(15-9-6-5-7-10-15)18(19-3)16-11-8-12-20-13-16/h5-14,17-19H,4H2,1-3H3. The van der Waals surface area contributed by atoms with Gasteiger partial charge in [0.05, 0.1) is 0 Å². The molecule has 106 valence electrons. The summed E-state index contributed by atoms with van der Waals surface area (Å²) in [6.45, 7) is 4.59. The second-order valence-corrected chi connectivity index (χ2v) is 5.37. The first-order valence-corrected chi connectivity index (χ1v) is 7.40. The molecule has 0 amide bonds. The van der Waals surface area contributed by atoms with E-state index in [0.29, 0.717) is 17.9 Å². The van der Waals surface area contributed by atoms with Gasteiger partial charge in [-0.1, -0.05) is 56.7 Å². The van der Waals surface area contributed by atoms with Crippen LogP contribution >= 0.6 is 0 Å². The molecular weight excluding hydrogens is 244 g/mol. The van der Waals surface area contributed by atoms with Gasteiger partial charge in [-0.15, -0.1) is 0 Å². The average molecular weight is 268 g/mol. The highest BCUT2D eigenvalue weighted by molar-refractivity contribution is 5.27. The number of pyridine rings is 1. The molecule has 2 aromatic rings. The van der Waals surface area contributed by atoms with Crippen molar-refractivity contribution < 1.29 is 0 Å². The zero-order valence-electron chi connectivity index (χ0n) is 12.6. The molecule has 0 radical (unpaired) electrons. The number of rotatable bonds is 6. The van der Waals surface area contributed by atoms with E-state index in [4.69, 9.17) is 0 Å². The third-order valence-electron chi connectivity index (χ3n) is 4.16. The van der Waals surface area contributed by atoms with Gasteiger partial charge in [0.1, 0.15) is 0 Å². The fourth-order valence-electron chi connectivity index (χ4n) is 2.89. The summed E-state index contributed by atoms with van der Waals surface area (Å²) < 4.78 is 0. The summed E-state index contributed by atoms with van der Waals surface area (Å²) in [6, 6.07) is 15.3. The Bertz CT molecular complexity index is 495. The van der Waals surface area contributed by atoms with E-state index < -0.39 is 0 Å². The summed E-state index contributed by atoms with van der Waals surface area (Å²) in [5.74, 6) is 1.06. The van der Waals surface area contributed by atoms with Gasteiger partial charge < -0.3 is 5.32 Å². The summed E-state index contributed by atoms with van der Waals surface area (Å²) in [6.07, 6.45) is 4.97. The SMILES string of the molecule is CCC(C)C(c1ccccc1)C(NC)c1cccnc1. The average Bonchev–Trinajstić information content (AvgIpc) is 2.53. The van der Waals surface area contributed by atoms with Gasteiger partial charge >= 0.3 is 0 Å². The number of nitrogens with zero attached hydrogens (tertiary/aromatic N) is 1. The quantitative estimate of drug-likeness (QED) is 0.850. The molecule has 1 heterocycles. The lowest BCUT2D eigenvalue weighted by Gasteiger charge is -2.32. The Morgan fingerprint density at radius 2 is 1.75 bits per heavy atom. The van der Waals surface area contributed by atoms with Crippen LogP contribution in [0.25, 0.3) is 0 Å². The van der Waals surface area contributed by atoms with Gasteiger partial charge in [-0.25, -0.2) is 0 Å². The van der Waals surface area contributed by atoms with Gasteiger partial charge in [-0.05, 0) is 30.2 Å². The van der Waals surface area contributed by atoms with Crippen molar-refractivity contribution in [2.45, 2.75) is 32.2 Å². The van der Waals surface area contributed by atoms with Gasteiger partial charge in [0.2, 0.25) is 0 Å². The fraction of sp³-hybridized carbons (Fsp3) is 0.389. The van der Waals surface area contributed by atoms with Crippen LogP contribution in [0, 0.1) is 5.92 Å². The van der Waals surface area contributed by atoms with Gasteiger partial charge in [-0.2, -0.15) is 0 Å². The monoisotopic (exact) mass is 268 g/mol. The molecule has 2 rings (SSSR count). The van der Waals surface area contributed by atoms with E-state index in [2.05, 4.69) is 60.5 Å². The third-order valence-corrected chi connectivity index (χ3v) is 4.16. The van der Waals surface area contributed by atoms with Crippen LogP contribution < -0.4 is 5.32 Å². The Hall–Kier alpha value is -1.67. The Morgan fingerprint density at radius 3 is 2.30 bits per heavy atom. The van der Waals surface area contributed by atoms with Gasteiger partial charge in [0.15, 0.2) is 0 Å². The van der Waals surface area contributed by atoms with Crippen LogP contribution in [0.15, 0.2) is 54.9 Å². The van der Waals surface area contributed by atoms with E-state index in [1.807, 2.05) is 25.5 Å². The lowest BCUT2D eigenvalue weighted by molar-refractivity contribution is 0.354. The zero-order chi connectivity index (χ0) is 14.4. The summed E-state index contributed by atoms with van der Waals surface area (Å²) in [5, 5.41) is 3.49. The van der Waals surface area contributed by atoms with Crippen LogP contribution in [0.3, 0.4) is 0 Å². The van der Waals surface area contributed by atoms with E-state index in [0.717, 1.165) is 6.42 Å². The topological polar surface area (TPSA) is 24.9 Å². The predicted octanol–water partition coefficient (Wildman–Crippen LogP) is 4.17. The number of likely N-dealkylation sites (N-methyl/N-ethyl adjacent to an activating group) is 1. The molecule has 0 aliphatic heterocycles. The van der Waals surface area contributed by atoms with Crippen molar-refractivity contribution >= 4 is 0 Å². The van der Waals surface area contributed by atoms with Crippen molar-refractivity contribution in [2.75, 3.05) is 7.05 Å². The summed E-state index contributed by atoms with van der Waals surface area (Å²) in [5.41, 5.74) is 2.65. The number of aromatic nitrogens is 1. The molecule has 1 aromatic heterocycles. The van der Waals surface area contributed by atoms with E-state index in [-0.39, 0.29) is 0 Å². The predicted molar refractivity (Wildman–Crippen MR) is 84.7 cm³/mol. The minimum atomic E-state index is 0.293. The second-order valence-electron chi connectivity index (χ2n) is 5.37. The lowest BCUT2D eigenvalue weighted by atomic mass is 9.78. The van der Waals surface area contributed by atoms with Gasteiger partial charge in [0.25, 0.3) is 0 Å². The van der Waals surface area contributed by atoms with Crippen LogP contribution in [0.5, 0.6) is 0 Å². The number of hydrogen-bond acceptors (Lipinski definition) is 2. The fourth-order valence-corrected chi connectivity index (χ4v) is 2.89. The molecule has 0 bridgehead atoms.